The normalized spacial score (nSPS) is 13.0. The van der Waals surface area contributed by atoms with E-state index in [1.807, 2.05) is 6.07 Å². The Morgan fingerprint density at radius 1 is 1.13 bits per heavy atom. The summed E-state index contributed by atoms with van der Waals surface area (Å²) in [6.07, 6.45) is -1.05. The van der Waals surface area contributed by atoms with Crippen LogP contribution in [-0.4, -0.2) is 36.5 Å². The van der Waals surface area contributed by atoms with Gasteiger partial charge in [-0.15, -0.1) is 0 Å². The molecule has 7 heteroatoms. The van der Waals surface area contributed by atoms with Crippen molar-refractivity contribution in [3.63, 3.8) is 0 Å². The quantitative estimate of drug-likeness (QED) is 0.682. The highest BCUT2D eigenvalue weighted by Crippen LogP contribution is 2.09. The van der Waals surface area contributed by atoms with Gasteiger partial charge in [0.2, 0.25) is 0 Å². The van der Waals surface area contributed by atoms with E-state index in [2.05, 4.69) is 5.32 Å². The molecule has 0 bridgehead atoms. The molecule has 0 saturated heterocycles. The summed E-state index contributed by atoms with van der Waals surface area (Å²) in [5.41, 5.74) is 5.05. The summed E-state index contributed by atoms with van der Waals surface area (Å²) in [5, 5.41) is 2.54. The molecule has 0 aliphatic heterocycles. The Hall–Kier alpha value is -2.57. The van der Waals surface area contributed by atoms with Crippen LogP contribution in [0.3, 0.4) is 0 Å². The van der Waals surface area contributed by atoms with Crippen LogP contribution in [0.5, 0.6) is 5.75 Å². The number of carbonyl (C=O) groups is 3. The molecule has 1 aromatic rings. The number of hydrogen-bond donors (Lipinski definition) is 2. The van der Waals surface area contributed by atoms with Crippen molar-refractivity contribution >= 4 is 17.8 Å². The van der Waals surface area contributed by atoms with Gasteiger partial charge in [-0.2, -0.15) is 0 Å². The summed E-state index contributed by atoms with van der Waals surface area (Å²) in [6, 6.07) is 7.95. The number of nitrogens with two attached hydrogens (primary N) is 1. The minimum Gasteiger partial charge on any atom is -0.484 e. The number of para-hydroxylation sites is 1. The van der Waals surface area contributed by atoms with E-state index in [0.29, 0.717) is 5.75 Å². The van der Waals surface area contributed by atoms with Gasteiger partial charge in [0.05, 0.1) is 0 Å². The fraction of sp³-hybridized carbons (Fsp3) is 0.438. The lowest BCUT2D eigenvalue weighted by Gasteiger charge is -2.22. The topological polar surface area (TPSA) is 108 Å². The van der Waals surface area contributed by atoms with Crippen LogP contribution in [0.1, 0.15) is 20.8 Å². The highest BCUT2D eigenvalue weighted by Gasteiger charge is 2.28. The zero-order chi connectivity index (χ0) is 17.4. The maximum absolute atomic E-state index is 12.0. The first-order valence-corrected chi connectivity index (χ1v) is 7.28. The maximum atomic E-state index is 12.0. The second kappa shape index (κ2) is 8.77. The standard InChI is InChI=1S/C16H22N2O5/c1-10(2)14(16(21)23-11(3)15(17)20)18-13(19)9-22-12-7-5-4-6-8-12/h4-8,10-11,14H,9H2,1-3H3,(H2,17,20)(H,18,19)/t11-,14+/m1/s1. The number of hydrogen-bond acceptors (Lipinski definition) is 5. The first-order chi connectivity index (χ1) is 10.8. The molecule has 126 valence electrons. The molecule has 0 aliphatic carbocycles. The number of nitrogens with one attached hydrogen (secondary N) is 1. The third kappa shape index (κ3) is 6.37. The highest BCUT2D eigenvalue weighted by molar-refractivity contribution is 5.87. The SMILES string of the molecule is CC(C)[C@H](NC(=O)COc1ccccc1)C(=O)O[C@H](C)C(N)=O. The predicted octanol–water partition coefficient (Wildman–Crippen LogP) is 0.623. The molecule has 1 aromatic carbocycles. The third-order valence-electron chi connectivity index (χ3n) is 3.04. The summed E-state index contributed by atoms with van der Waals surface area (Å²) in [6.45, 7) is 4.64. The van der Waals surface area contributed by atoms with E-state index < -0.39 is 29.9 Å². The predicted molar refractivity (Wildman–Crippen MR) is 83.5 cm³/mol. The van der Waals surface area contributed by atoms with E-state index in [0.717, 1.165) is 0 Å². The molecule has 1 rings (SSSR count). The summed E-state index contributed by atoms with van der Waals surface area (Å²) in [4.78, 5) is 34.9. The maximum Gasteiger partial charge on any atom is 0.329 e. The molecule has 0 fully saturated rings. The van der Waals surface area contributed by atoms with Gasteiger partial charge < -0.3 is 20.5 Å². The first kappa shape index (κ1) is 18.5. The van der Waals surface area contributed by atoms with E-state index in [-0.39, 0.29) is 12.5 Å². The Kier molecular flexibility index (Phi) is 7.05. The Balaban J connectivity index is 2.56. The molecule has 0 aromatic heterocycles. The second-order valence-electron chi connectivity index (χ2n) is 5.37. The summed E-state index contributed by atoms with van der Waals surface area (Å²) < 4.78 is 10.2. The van der Waals surface area contributed by atoms with Gasteiger partial charge in [-0.1, -0.05) is 32.0 Å². The van der Waals surface area contributed by atoms with Crippen molar-refractivity contribution in [2.24, 2.45) is 11.7 Å². The zero-order valence-corrected chi connectivity index (χ0v) is 13.4. The lowest BCUT2D eigenvalue weighted by atomic mass is 10.0. The Labute approximate surface area is 135 Å². The van der Waals surface area contributed by atoms with E-state index in [1.54, 1.807) is 38.1 Å². The van der Waals surface area contributed by atoms with Gasteiger partial charge in [-0.05, 0) is 25.0 Å². The van der Waals surface area contributed by atoms with Crippen LogP contribution >= 0.6 is 0 Å². The minimum absolute atomic E-state index is 0.219. The number of benzene rings is 1. The smallest absolute Gasteiger partial charge is 0.329 e. The van der Waals surface area contributed by atoms with Crippen molar-refractivity contribution in [3.05, 3.63) is 30.3 Å². The Bertz CT molecular complexity index is 545. The Morgan fingerprint density at radius 3 is 2.26 bits per heavy atom. The molecule has 0 radical (unpaired) electrons. The van der Waals surface area contributed by atoms with Gasteiger partial charge >= 0.3 is 5.97 Å². The summed E-state index contributed by atoms with van der Waals surface area (Å²) in [5.74, 6) is -1.59. The lowest BCUT2D eigenvalue weighted by molar-refractivity contribution is -0.157. The minimum atomic E-state index is -1.05. The summed E-state index contributed by atoms with van der Waals surface area (Å²) >= 11 is 0. The molecule has 0 unspecified atom stereocenters. The fourth-order valence-corrected chi connectivity index (χ4v) is 1.68. The molecular weight excluding hydrogens is 300 g/mol. The van der Waals surface area contributed by atoms with Crippen LogP contribution in [0.4, 0.5) is 0 Å². The van der Waals surface area contributed by atoms with Crippen LogP contribution in [0, 0.1) is 5.92 Å². The number of ether oxygens (including phenoxy) is 2. The van der Waals surface area contributed by atoms with Crippen LogP contribution in [0.15, 0.2) is 30.3 Å². The van der Waals surface area contributed by atoms with Gasteiger partial charge in [0, 0.05) is 0 Å². The largest absolute Gasteiger partial charge is 0.484 e. The van der Waals surface area contributed by atoms with Crippen molar-refractivity contribution in [2.45, 2.75) is 32.9 Å². The van der Waals surface area contributed by atoms with E-state index in [9.17, 15) is 14.4 Å². The van der Waals surface area contributed by atoms with Crippen molar-refractivity contribution in [1.82, 2.24) is 5.32 Å². The number of carbonyl (C=O) groups excluding carboxylic acids is 3. The molecule has 3 N–H and O–H groups in total. The molecule has 0 saturated carbocycles. The van der Waals surface area contributed by atoms with Gasteiger partial charge in [0.25, 0.3) is 11.8 Å². The molecule has 2 amide bonds. The third-order valence-corrected chi connectivity index (χ3v) is 3.04. The monoisotopic (exact) mass is 322 g/mol. The number of esters is 1. The molecule has 2 atom stereocenters. The highest BCUT2D eigenvalue weighted by atomic mass is 16.5. The molecule has 0 aliphatic rings. The van der Waals surface area contributed by atoms with Gasteiger partial charge in [-0.25, -0.2) is 4.79 Å². The lowest BCUT2D eigenvalue weighted by Crippen LogP contribution is -2.48. The van der Waals surface area contributed by atoms with E-state index in [4.69, 9.17) is 15.2 Å². The van der Waals surface area contributed by atoms with Gasteiger partial charge in [0.15, 0.2) is 12.7 Å². The number of amides is 2. The van der Waals surface area contributed by atoms with Crippen LogP contribution in [0.25, 0.3) is 0 Å². The van der Waals surface area contributed by atoms with Gasteiger partial charge in [-0.3, -0.25) is 9.59 Å². The zero-order valence-electron chi connectivity index (χ0n) is 13.4. The molecule has 7 nitrogen and oxygen atoms in total. The number of rotatable bonds is 8. The fourth-order valence-electron chi connectivity index (χ4n) is 1.68. The van der Waals surface area contributed by atoms with Crippen molar-refractivity contribution in [1.29, 1.82) is 0 Å². The average Bonchev–Trinajstić information content (AvgIpc) is 2.51. The van der Waals surface area contributed by atoms with Gasteiger partial charge in [0.1, 0.15) is 11.8 Å². The first-order valence-electron chi connectivity index (χ1n) is 7.28. The Morgan fingerprint density at radius 2 is 1.74 bits per heavy atom. The van der Waals surface area contributed by atoms with Crippen LogP contribution < -0.4 is 15.8 Å². The summed E-state index contributed by atoms with van der Waals surface area (Å²) in [7, 11) is 0. The van der Waals surface area contributed by atoms with E-state index >= 15 is 0 Å². The second-order valence-corrected chi connectivity index (χ2v) is 5.37. The van der Waals surface area contributed by atoms with Crippen molar-refractivity contribution < 1.29 is 23.9 Å². The van der Waals surface area contributed by atoms with E-state index in [1.165, 1.54) is 6.92 Å². The molecule has 0 spiro atoms. The molecular formula is C16H22N2O5. The number of primary amides is 1. The molecule has 23 heavy (non-hydrogen) atoms. The van der Waals surface area contributed by atoms with Crippen LogP contribution in [0.2, 0.25) is 0 Å². The average molecular weight is 322 g/mol. The van der Waals surface area contributed by atoms with Crippen molar-refractivity contribution in [2.75, 3.05) is 6.61 Å². The van der Waals surface area contributed by atoms with Crippen molar-refractivity contribution in [3.8, 4) is 5.75 Å². The van der Waals surface area contributed by atoms with Crippen LogP contribution in [-0.2, 0) is 19.1 Å². The molecule has 0 heterocycles.